The summed E-state index contributed by atoms with van der Waals surface area (Å²) in [7, 11) is 0. The van der Waals surface area contributed by atoms with Crippen molar-refractivity contribution in [3.63, 3.8) is 0 Å². The number of benzene rings is 1. The van der Waals surface area contributed by atoms with Crippen LogP contribution >= 0.6 is 23.4 Å². The molecule has 1 rings (SSSR count). The highest BCUT2D eigenvalue weighted by atomic mass is 35.5. The van der Waals surface area contributed by atoms with Crippen molar-refractivity contribution in [1.29, 1.82) is 0 Å². The minimum absolute atomic E-state index is 0.00534. The number of amides is 1. The lowest BCUT2D eigenvalue weighted by Crippen LogP contribution is -2.41. The Balaban J connectivity index is 2.76. The second kappa shape index (κ2) is 7.02. The van der Waals surface area contributed by atoms with Crippen molar-refractivity contribution >= 4 is 29.3 Å². The smallest absolute Gasteiger partial charge is 0.251 e. The normalized spacial score (nSPS) is 14.1. The van der Waals surface area contributed by atoms with E-state index in [4.69, 9.17) is 11.6 Å². The first-order valence-corrected chi connectivity index (χ1v) is 7.36. The van der Waals surface area contributed by atoms with Crippen LogP contribution in [0.4, 0.5) is 0 Å². The maximum Gasteiger partial charge on any atom is 0.251 e. The molecule has 1 amide bonds. The summed E-state index contributed by atoms with van der Waals surface area (Å²) in [5, 5.41) is 12.6. The van der Waals surface area contributed by atoms with Crippen LogP contribution in [-0.4, -0.2) is 35.2 Å². The summed E-state index contributed by atoms with van der Waals surface area (Å²) in [5.74, 6) is -0.166. The van der Waals surface area contributed by atoms with Gasteiger partial charge in [0.15, 0.2) is 0 Å². The summed E-state index contributed by atoms with van der Waals surface area (Å²) >= 11 is 7.45. The van der Waals surface area contributed by atoms with Gasteiger partial charge in [-0.1, -0.05) is 11.6 Å². The van der Waals surface area contributed by atoms with Crippen LogP contribution in [0.5, 0.6) is 0 Å². The first-order valence-electron chi connectivity index (χ1n) is 5.69. The predicted octanol–water partition coefficient (Wildman–Crippen LogP) is 2.49. The van der Waals surface area contributed by atoms with Crippen molar-refractivity contribution in [3.05, 3.63) is 34.3 Å². The van der Waals surface area contributed by atoms with Gasteiger partial charge in [-0.25, -0.2) is 0 Å². The maximum absolute atomic E-state index is 12.0. The van der Waals surface area contributed by atoms with Gasteiger partial charge in [0.2, 0.25) is 0 Å². The zero-order chi connectivity index (χ0) is 13.7. The quantitative estimate of drug-likeness (QED) is 0.875. The Hall–Kier alpha value is -0.710. The molecule has 0 aliphatic carbocycles. The number of aliphatic hydroxyl groups is 1. The summed E-state index contributed by atoms with van der Waals surface area (Å²) < 4.78 is 0. The molecule has 1 aromatic rings. The van der Waals surface area contributed by atoms with Gasteiger partial charge >= 0.3 is 0 Å². The van der Waals surface area contributed by atoms with Gasteiger partial charge in [0.05, 0.1) is 6.61 Å². The summed E-state index contributed by atoms with van der Waals surface area (Å²) in [4.78, 5) is 12.0. The van der Waals surface area contributed by atoms with Crippen LogP contribution in [0.25, 0.3) is 0 Å². The summed E-state index contributed by atoms with van der Waals surface area (Å²) in [5.41, 5.74) is 1.49. The van der Waals surface area contributed by atoms with E-state index in [0.29, 0.717) is 10.6 Å². The highest BCUT2D eigenvalue weighted by Gasteiger charge is 2.18. The van der Waals surface area contributed by atoms with Crippen LogP contribution < -0.4 is 5.32 Å². The Morgan fingerprint density at radius 1 is 1.50 bits per heavy atom. The number of halogens is 1. The molecule has 2 unspecified atom stereocenters. The lowest BCUT2D eigenvalue weighted by atomic mass is 10.1. The second-order valence-electron chi connectivity index (χ2n) is 4.24. The molecule has 0 radical (unpaired) electrons. The molecule has 0 saturated carbocycles. The van der Waals surface area contributed by atoms with Crippen LogP contribution in [0.2, 0.25) is 5.02 Å². The number of hydrogen-bond acceptors (Lipinski definition) is 3. The predicted molar refractivity (Wildman–Crippen MR) is 77.5 cm³/mol. The SMILES string of the molecule is CSC(CO)C(C)NC(=O)c1cc(C)cc(Cl)c1. The molecule has 0 heterocycles. The number of carbonyl (C=O) groups excluding carboxylic acids is 1. The largest absolute Gasteiger partial charge is 0.395 e. The number of aliphatic hydroxyl groups excluding tert-OH is 1. The molecule has 2 N–H and O–H groups in total. The number of rotatable bonds is 5. The van der Waals surface area contributed by atoms with Gasteiger partial charge in [0.1, 0.15) is 0 Å². The minimum Gasteiger partial charge on any atom is -0.395 e. The average molecular weight is 288 g/mol. The molecule has 0 aromatic heterocycles. The van der Waals surface area contributed by atoms with Crippen molar-refractivity contribution in [2.45, 2.75) is 25.1 Å². The van der Waals surface area contributed by atoms with Gasteiger partial charge in [-0.2, -0.15) is 11.8 Å². The van der Waals surface area contributed by atoms with Crippen LogP contribution in [0.15, 0.2) is 18.2 Å². The molecular formula is C13H18ClNO2S. The van der Waals surface area contributed by atoms with E-state index < -0.39 is 0 Å². The second-order valence-corrected chi connectivity index (χ2v) is 5.75. The van der Waals surface area contributed by atoms with E-state index >= 15 is 0 Å². The molecule has 0 aliphatic rings. The lowest BCUT2D eigenvalue weighted by Gasteiger charge is -2.21. The number of thioether (sulfide) groups is 1. The summed E-state index contributed by atoms with van der Waals surface area (Å²) in [6.07, 6.45) is 1.91. The van der Waals surface area contributed by atoms with E-state index in [1.165, 1.54) is 11.8 Å². The fourth-order valence-corrected chi connectivity index (χ4v) is 2.60. The first-order chi connectivity index (χ1) is 8.47. The minimum atomic E-state index is -0.166. The van der Waals surface area contributed by atoms with E-state index in [1.807, 2.05) is 20.1 Å². The van der Waals surface area contributed by atoms with Gasteiger partial charge in [-0.05, 0) is 43.9 Å². The molecule has 100 valence electrons. The summed E-state index contributed by atoms with van der Waals surface area (Å²) in [6, 6.07) is 5.14. The number of carbonyl (C=O) groups is 1. The van der Waals surface area contributed by atoms with Gasteiger partial charge in [0.25, 0.3) is 5.91 Å². The maximum atomic E-state index is 12.0. The first kappa shape index (κ1) is 15.3. The van der Waals surface area contributed by atoms with Gasteiger partial charge in [-0.15, -0.1) is 0 Å². The molecular weight excluding hydrogens is 270 g/mol. The van der Waals surface area contributed by atoms with Gasteiger partial charge in [-0.3, -0.25) is 4.79 Å². The molecule has 0 bridgehead atoms. The lowest BCUT2D eigenvalue weighted by molar-refractivity contribution is 0.0936. The Kier molecular flexibility index (Phi) is 5.99. The topological polar surface area (TPSA) is 49.3 Å². The Bertz CT molecular complexity index is 401. The Labute approximate surface area is 117 Å². The third-order valence-corrected chi connectivity index (χ3v) is 4.08. The van der Waals surface area contributed by atoms with Gasteiger partial charge in [0, 0.05) is 21.9 Å². The van der Waals surface area contributed by atoms with Gasteiger partial charge < -0.3 is 10.4 Å². The molecule has 3 nitrogen and oxygen atoms in total. The summed E-state index contributed by atoms with van der Waals surface area (Å²) in [6.45, 7) is 3.81. The molecule has 1 aromatic carbocycles. The number of aryl methyl sites for hydroxylation is 1. The number of nitrogens with one attached hydrogen (secondary N) is 1. The van der Waals surface area contributed by atoms with E-state index in [9.17, 15) is 9.90 Å². The highest BCUT2D eigenvalue weighted by molar-refractivity contribution is 7.99. The van der Waals surface area contributed by atoms with E-state index in [2.05, 4.69) is 5.32 Å². The van der Waals surface area contributed by atoms with E-state index in [1.54, 1.807) is 18.2 Å². The van der Waals surface area contributed by atoms with Crippen molar-refractivity contribution in [3.8, 4) is 0 Å². The standard InChI is InChI=1S/C13H18ClNO2S/c1-8-4-10(6-11(14)5-8)13(17)15-9(2)12(7-16)18-3/h4-6,9,12,16H,7H2,1-3H3,(H,15,17). The molecule has 5 heteroatoms. The fourth-order valence-electron chi connectivity index (χ4n) is 1.69. The Morgan fingerprint density at radius 2 is 2.17 bits per heavy atom. The van der Waals surface area contributed by atoms with Crippen molar-refractivity contribution < 1.29 is 9.90 Å². The fraction of sp³-hybridized carbons (Fsp3) is 0.462. The van der Waals surface area contributed by atoms with Crippen molar-refractivity contribution in [1.82, 2.24) is 5.32 Å². The zero-order valence-corrected chi connectivity index (χ0v) is 12.3. The van der Waals surface area contributed by atoms with Crippen LogP contribution in [0.1, 0.15) is 22.8 Å². The third kappa shape index (κ3) is 4.19. The van der Waals surface area contributed by atoms with Crippen LogP contribution in [-0.2, 0) is 0 Å². The Morgan fingerprint density at radius 3 is 2.67 bits per heavy atom. The average Bonchev–Trinajstić information content (AvgIpc) is 2.29. The molecule has 18 heavy (non-hydrogen) atoms. The van der Waals surface area contributed by atoms with Crippen molar-refractivity contribution in [2.75, 3.05) is 12.9 Å². The monoisotopic (exact) mass is 287 g/mol. The third-order valence-electron chi connectivity index (χ3n) is 2.70. The highest BCUT2D eigenvalue weighted by Crippen LogP contribution is 2.16. The molecule has 2 atom stereocenters. The molecule has 0 saturated heterocycles. The molecule has 0 spiro atoms. The van der Waals surface area contributed by atoms with Crippen LogP contribution in [0.3, 0.4) is 0 Å². The number of hydrogen-bond donors (Lipinski definition) is 2. The zero-order valence-electron chi connectivity index (χ0n) is 10.7. The molecule has 0 fully saturated rings. The molecule has 0 aliphatic heterocycles. The van der Waals surface area contributed by atoms with E-state index in [-0.39, 0.29) is 23.8 Å². The van der Waals surface area contributed by atoms with E-state index in [0.717, 1.165) is 5.56 Å². The van der Waals surface area contributed by atoms with Crippen LogP contribution in [0, 0.1) is 6.92 Å². The van der Waals surface area contributed by atoms with Crippen molar-refractivity contribution in [2.24, 2.45) is 0 Å².